The lowest BCUT2D eigenvalue weighted by molar-refractivity contribution is -0.117. The Labute approximate surface area is 205 Å². The Bertz CT molecular complexity index is 1340. The highest BCUT2D eigenvalue weighted by molar-refractivity contribution is 7.93. The lowest BCUT2D eigenvalue weighted by Crippen LogP contribution is -2.28. The molecule has 4 rings (SSSR count). The van der Waals surface area contributed by atoms with Crippen LogP contribution in [-0.2, 0) is 21.2 Å². The summed E-state index contributed by atoms with van der Waals surface area (Å²) in [5, 5.41) is 13.8. The number of anilines is 3. The van der Waals surface area contributed by atoms with Crippen molar-refractivity contribution in [3.63, 3.8) is 0 Å². The molecule has 0 bridgehead atoms. The van der Waals surface area contributed by atoms with Gasteiger partial charge in [0, 0.05) is 24.3 Å². The molecule has 0 spiro atoms. The Kier molecular flexibility index (Phi) is 7.07. The van der Waals surface area contributed by atoms with Crippen LogP contribution in [-0.4, -0.2) is 32.5 Å². The van der Waals surface area contributed by atoms with Crippen molar-refractivity contribution in [2.75, 3.05) is 27.2 Å². The molecule has 1 aliphatic heterocycles. The molecule has 1 heterocycles. The predicted molar refractivity (Wildman–Crippen MR) is 140 cm³/mol. The Morgan fingerprint density at radius 1 is 1.06 bits per heavy atom. The van der Waals surface area contributed by atoms with Crippen LogP contribution in [0.25, 0.3) is 0 Å². The highest BCUT2D eigenvalue weighted by Crippen LogP contribution is 2.30. The van der Waals surface area contributed by atoms with E-state index in [1.165, 1.54) is 4.31 Å². The van der Waals surface area contributed by atoms with Gasteiger partial charge in [0.15, 0.2) is 0 Å². The first-order chi connectivity index (χ1) is 16.7. The summed E-state index contributed by atoms with van der Waals surface area (Å²) in [5.74, 6) is -0.0302. The molecule has 35 heavy (non-hydrogen) atoms. The van der Waals surface area contributed by atoms with Crippen LogP contribution >= 0.6 is 0 Å². The summed E-state index contributed by atoms with van der Waals surface area (Å²) in [6, 6.07) is 21.4. The van der Waals surface area contributed by atoms with E-state index >= 15 is 0 Å². The van der Waals surface area contributed by atoms with Crippen molar-refractivity contribution in [3.8, 4) is 0 Å². The molecule has 1 saturated heterocycles. The number of carbonyl (C=O) groups is 1. The van der Waals surface area contributed by atoms with E-state index in [-0.39, 0.29) is 17.5 Å². The molecule has 9 heteroatoms. The maximum Gasteiger partial charge on any atom is 0.251 e. The fraction of sp³-hybridized carbons (Fsp3) is 0.231. The molecular formula is C26H29N5O3S. The normalized spacial score (nSPS) is 15.4. The second-order valence-electron chi connectivity index (χ2n) is 8.62. The minimum absolute atomic E-state index is 0.0695. The Morgan fingerprint density at radius 2 is 1.83 bits per heavy atom. The van der Waals surface area contributed by atoms with Gasteiger partial charge in [0.05, 0.1) is 17.3 Å². The van der Waals surface area contributed by atoms with E-state index in [2.05, 4.69) is 10.6 Å². The summed E-state index contributed by atoms with van der Waals surface area (Å²) < 4.78 is 26.1. The largest absolute Gasteiger partial charge is 0.387 e. The summed E-state index contributed by atoms with van der Waals surface area (Å²) in [5.41, 5.74) is 9.94. The number of rotatable bonds is 8. The fourth-order valence-electron chi connectivity index (χ4n) is 4.24. The van der Waals surface area contributed by atoms with Crippen molar-refractivity contribution < 1.29 is 13.2 Å². The fourth-order valence-corrected chi connectivity index (χ4v) is 5.87. The van der Waals surface area contributed by atoms with Gasteiger partial charge in [-0.15, -0.1) is 0 Å². The topological polar surface area (TPSA) is 128 Å². The van der Waals surface area contributed by atoms with Gasteiger partial charge < -0.3 is 16.4 Å². The van der Waals surface area contributed by atoms with Gasteiger partial charge in [-0.1, -0.05) is 42.5 Å². The minimum atomic E-state index is -3.28. The smallest absolute Gasteiger partial charge is 0.251 e. The maximum atomic E-state index is 13.4. The molecule has 1 aliphatic rings. The Morgan fingerprint density at radius 3 is 2.49 bits per heavy atom. The van der Waals surface area contributed by atoms with Gasteiger partial charge in [-0.05, 0) is 60.4 Å². The SMILES string of the molecule is Cc1cc(NC(=O)C(Nc2cccc(CC(=N)N)c2)c2ccccc2)ccc1N1CCCS1(=O)=O. The van der Waals surface area contributed by atoms with Crippen LogP contribution in [0.15, 0.2) is 72.8 Å². The summed E-state index contributed by atoms with van der Waals surface area (Å²) in [7, 11) is -3.28. The van der Waals surface area contributed by atoms with Crippen LogP contribution in [0.4, 0.5) is 17.1 Å². The van der Waals surface area contributed by atoms with Gasteiger partial charge in [-0.3, -0.25) is 14.5 Å². The van der Waals surface area contributed by atoms with Crippen molar-refractivity contribution in [2.24, 2.45) is 5.73 Å². The zero-order valence-corrected chi connectivity index (χ0v) is 20.3. The van der Waals surface area contributed by atoms with Crippen molar-refractivity contribution in [1.82, 2.24) is 0 Å². The second kappa shape index (κ2) is 10.2. The van der Waals surface area contributed by atoms with Crippen molar-refractivity contribution in [2.45, 2.75) is 25.8 Å². The van der Waals surface area contributed by atoms with E-state index in [1.54, 1.807) is 18.2 Å². The molecule has 182 valence electrons. The lowest BCUT2D eigenvalue weighted by atomic mass is 10.0. The van der Waals surface area contributed by atoms with E-state index in [1.807, 2.05) is 61.5 Å². The van der Waals surface area contributed by atoms with Crippen molar-refractivity contribution in [1.29, 1.82) is 5.41 Å². The monoisotopic (exact) mass is 491 g/mol. The molecule has 1 amide bonds. The third kappa shape index (κ3) is 5.81. The third-order valence-electron chi connectivity index (χ3n) is 5.86. The molecule has 0 aromatic heterocycles. The molecule has 1 unspecified atom stereocenters. The molecule has 0 aliphatic carbocycles. The predicted octanol–water partition coefficient (Wildman–Crippen LogP) is 3.81. The number of hydrogen-bond donors (Lipinski definition) is 4. The third-order valence-corrected chi connectivity index (χ3v) is 7.72. The number of aryl methyl sites for hydroxylation is 1. The second-order valence-corrected chi connectivity index (χ2v) is 10.6. The molecule has 1 atom stereocenters. The molecule has 1 fully saturated rings. The number of nitrogens with zero attached hydrogens (tertiary/aromatic N) is 1. The number of carbonyl (C=O) groups excluding carboxylic acids is 1. The van der Waals surface area contributed by atoms with Crippen LogP contribution in [0.3, 0.4) is 0 Å². The van der Waals surface area contributed by atoms with Crippen LogP contribution in [0.5, 0.6) is 0 Å². The van der Waals surface area contributed by atoms with E-state index < -0.39 is 16.1 Å². The molecule has 3 aromatic carbocycles. The molecule has 5 N–H and O–H groups in total. The van der Waals surface area contributed by atoms with E-state index in [9.17, 15) is 13.2 Å². The zero-order valence-electron chi connectivity index (χ0n) is 19.5. The van der Waals surface area contributed by atoms with E-state index in [0.717, 1.165) is 22.4 Å². The number of benzene rings is 3. The van der Waals surface area contributed by atoms with Gasteiger partial charge in [-0.25, -0.2) is 8.42 Å². The number of nitrogens with two attached hydrogens (primary N) is 1. The van der Waals surface area contributed by atoms with Gasteiger partial charge in [0.1, 0.15) is 6.04 Å². The maximum absolute atomic E-state index is 13.4. The molecule has 0 saturated carbocycles. The van der Waals surface area contributed by atoms with Gasteiger partial charge in [0.2, 0.25) is 10.0 Å². The average Bonchev–Trinajstić information content (AvgIpc) is 3.16. The number of amides is 1. The minimum Gasteiger partial charge on any atom is -0.387 e. The van der Waals surface area contributed by atoms with Crippen LogP contribution < -0.4 is 20.7 Å². The number of amidine groups is 1. The number of nitrogens with one attached hydrogen (secondary N) is 3. The van der Waals surface area contributed by atoms with Crippen molar-refractivity contribution in [3.05, 3.63) is 89.5 Å². The van der Waals surface area contributed by atoms with Crippen LogP contribution in [0.1, 0.15) is 29.2 Å². The number of sulfonamides is 1. The summed E-state index contributed by atoms with van der Waals surface area (Å²) in [6.45, 7) is 2.31. The highest BCUT2D eigenvalue weighted by atomic mass is 32.2. The van der Waals surface area contributed by atoms with E-state index in [0.29, 0.717) is 30.8 Å². The molecule has 0 radical (unpaired) electrons. The molecule has 8 nitrogen and oxygen atoms in total. The first kappa shape index (κ1) is 24.3. The van der Waals surface area contributed by atoms with Gasteiger partial charge in [0.25, 0.3) is 5.91 Å². The first-order valence-corrected chi connectivity index (χ1v) is 13.0. The number of hydrogen-bond acceptors (Lipinski definition) is 5. The molecular weight excluding hydrogens is 462 g/mol. The quantitative estimate of drug-likeness (QED) is 0.281. The lowest BCUT2D eigenvalue weighted by Gasteiger charge is -2.22. The Hall–Kier alpha value is -3.85. The molecule has 3 aromatic rings. The highest BCUT2D eigenvalue weighted by Gasteiger charge is 2.29. The van der Waals surface area contributed by atoms with Crippen LogP contribution in [0, 0.1) is 12.3 Å². The summed E-state index contributed by atoms with van der Waals surface area (Å²) in [4.78, 5) is 13.4. The first-order valence-electron chi connectivity index (χ1n) is 11.4. The average molecular weight is 492 g/mol. The van der Waals surface area contributed by atoms with E-state index in [4.69, 9.17) is 11.1 Å². The zero-order chi connectivity index (χ0) is 25.0. The Balaban J connectivity index is 1.57. The van der Waals surface area contributed by atoms with Gasteiger partial charge in [-0.2, -0.15) is 0 Å². The van der Waals surface area contributed by atoms with Gasteiger partial charge >= 0.3 is 0 Å². The van der Waals surface area contributed by atoms with Crippen molar-refractivity contribution >= 4 is 38.8 Å². The summed E-state index contributed by atoms with van der Waals surface area (Å²) in [6.07, 6.45) is 0.939. The van der Waals surface area contributed by atoms with Crippen LogP contribution in [0.2, 0.25) is 0 Å². The summed E-state index contributed by atoms with van der Waals surface area (Å²) >= 11 is 0. The standard InChI is InChI=1S/C26H29N5O3S/c1-18-15-22(11-12-23(18)31-13-6-14-35(31,33)34)30-26(32)25(20-8-3-2-4-9-20)29-21-10-5-7-19(16-21)17-24(27)28/h2-5,7-12,15-16,25,29H,6,13-14,17H2,1H3,(H3,27,28)(H,30,32).